The van der Waals surface area contributed by atoms with Gasteiger partial charge in [0.05, 0.1) is 11.4 Å². The van der Waals surface area contributed by atoms with E-state index in [2.05, 4.69) is 22.6 Å². The molecule has 6 heteroatoms. The van der Waals surface area contributed by atoms with E-state index in [-0.39, 0.29) is 11.6 Å². The SMILES string of the molecule is CCc1ccc(-n2nnc(C(=O)Nc3cccc(Cl)c3)c2C)cc1. The van der Waals surface area contributed by atoms with Crippen LogP contribution >= 0.6 is 11.6 Å². The highest BCUT2D eigenvalue weighted by Crippen LogP contribution is 2.17. The summed E-state index contributed by atoms with van der Waals surface area (Å²) in [4.78, 5) is 12.4. The number of carbonyl (C=O) groups excluding carboxylic acids is 1. The lowest BCUT2D eigenvalue weighted by atomic mass is 10.1. The van der Waals surface area contributed by atoms with Gasteiger partial charge in [0.1, 0.15) is 0 Å². The first-order chi connectivity index (χ1) is 11.6. The van der Waals surface area contributed by atoms with Gasteiger partial charge < -0.3 is 5.32 Å². The molecule has 2 aromatic carbocycles. The smallest absolute Gasteiger partial charge is 0.278 e. The van der Waals surface area contributed by atoms with Crippen molar-refractivity contribution < 1.29 is 4.79 Å². The number of aryl methyl sites for hydroxylation is 1. The Hall–Kier alpha value is -2.66. The van der Waals surface area contributed by atoms with E-state index >= 15 is 0 Å². The molecule has 0 atom stereocenters. The monoisotopic (exact) mass is 340 g/mol. The molecular weight excluding hydrogens is 324 g/mol. The van der Waals surface area contributed by atoms with E-state index in [0.29, 0.717) is 16.4 Å². The average Bonchev–Trinajstić information content (AvgIpc) is 2.96. The summed E-state index contributed by atoms with van der Waals surface area (Å²) in [6.07, 6.45) is 0.976. The Morgan fingerprint density at radius 1 is 1.21 bits per heavy atom. The maximum atomic E-state index is 12.4. The highest BCUT2D eigenvalue weighted by atomic mass is 35.5. The lowest BCUT2D eigenvalue weighted by Crippen LogP contribution is -2.14. The van der Waals surface area contributed by atoms with E-state index < -0.39 is 0 Å². The molecule has 0 saturated heterocycles. The van der Waals surface area contributed by atoms with Crippen molar-refractivity contribution in [1.82, 2.24) is 15.0 Å². The van der Waals surface area contributed by atoms with Crippen molar-refractivity contribution in [2.75, 3.05) is 5.32 Å². The van der Waals surface area contributed by atoms with Gasteiger partial charge in [-0.1, -0.05) is 41.9 Å². The van der Waals surface area contributed by atoms with Crippen LogP contribution in [0.1, 0.15) is 28.7 Å². The highest BCUT2D eigenvalue weighted by Gasteiger charge is 2.17. The molecule has 0 saturated carbocycles. The van der Waals surface area contributed by atoms with Crippen LogP contribution < -0.4 is 5.32 Å². The number of halogens is 1. The maximum Gasteiger partial charge on any atom is 0.278 e. The fourth-order valence-electron chi connectivity index (χ4n) is 2.41. The number of hydrogen-bond acceptors (Lipinski definition) is 3. The largest absolute Gasteiger partial charge is 0.320 e. The van der Waals surface area contributed by atoms with Crippen LogP contribution in [0.4, 0.5) is 5.69 Å². The number of benzene rings is 2. The molecule has 0 unspecified atom stereocenters. The summed E-state index contributed by atoms with van der Waals surface area (Å²) in [7, 11) is 0. The quantitative estimate of drug-likeness (QED) is 0.779. The van der Waals surface area contributed by atoms with E-state index in [0.717, 1.165) is 12.1 Å². The first kappa shape index (κ1) is 16.2. The van der Waals surface area contributed by atoms with Crippen LogP contribution in [-0.4, -0.2) is 20.9 Å². The van der Waals surface area contributed by atoms with Crippen LogP contribution in [0.5, 0.6) is 0 Å². The first-order valence-electron chi connectivity index (χ1n) is 7.67. The molecule has 0 aliphatic heterocycles. The third-order valence-electron chi connectivity index (χ3n) is 3.78. The highest BCUT2D eigenvalue weighted by molar-refractivity contribution is 6.30. The minimum absolute atomic E-state index is 0.287. The van der Waals surface area contributed by atoms with Crippen molar-refractivity contribution in [3.8, 4) is 5.69 Å². The van der Waals surface area contributed by atoms with Gasteiger partial charge in [-0.2, -0.15) is 0 Å². The molecule has 122 valence electrons. The molecule has 3 rings (SSSR count). The predicted octanol–water partition coefficient (Wildman–Crippen LogP) is 4.04. The molecule has 1 aromatic heterocycles. The van der Waals surface area contributed by atoms with Crippen LogP contribution in [0.2, 0.25) is 5.02 Å². The molecule has 0 fully saturated rings. The number of amides is 1. The summed E-state index contributed by atoms with van der Waals surface area (Å²) in [5.41, 5.74) is 3.71. The Bertz CT molecular complexity index is 871. The zero-order valence-electron chi connectivity index (χ0n) is 13.5. The summed E-state index contributed by atoms with van der Waals surface area (Å²) < 4.78 is 1.66. The fourth-order valence-corrected chi connectivity index (χ4v) is 2.60. The van der Waals surface area contributed by atoms with Gasteiger partial charge in [-0.3, -0.25) is 4.79 Å². The first-order valence-corrected chi connectivity index (χ1v) is 8.05. The van der Waals surface area contributed by atoms with Gasteiger partial charge in [0.15, 0.2) is 5.69 Å². The standard InChI is InChI=1S/C18H17ClN4O/c1-3-13-7-9-16(10-8-13)23-12(2)17(21-22-23)18(24)20-15-6-4-5-14(19)11-15/h4-11H,3H2,1-2H3,(H,20,24). The molecule has 5 nitrogen and oxygen atoms in total. The number of hydrogen-bond donors (Lipinski definition) is 1. The van der Waals surface area contributed by atoms with E-state index in [1.807, 2.05) is 31.2 Å². The summed E-state index contributed by atoms with van der Waals surface area (Å²) in [5, 5.41) is 11.5. The maximum absolute atomic E-state index is 12.4. The molecule has 0 radical (unpaired) electrons. The summed E-state index contributed by atoms with van der Waals surface area (Å²) in [6, 6.07) is 15.0. The molecule has 1 N–H and O–H groups in total. The van der Waals surface area contributed by atoms with E-state index in [1.165, 1.54) is 5.56 Å². The molecule has 1 heterocycles. The molecule has 1 amide bonds. The lowest BCUT2D eigenvalue weighted by Gasteiger charge is -2.06. The molecular formula is C18H17ClN4O. The van der Waals surface area contributed by atoms with Crippen molar-refractivity contribution in [3.63, 3.8) is 0 Å². The Morgan fingerprint density at radius 2 is 1.96 bits per heavy atom. The van der Waals surface area contributed by atoms with E-state index in [4.69, 9.17) is 11.6 Å². The van der Waals surface area contributed by atoms with Gasteiger partial charge in [-0.15, -0.1) is 5.10 Å². The molecule has 0 bridgehead atoms. The minimum Gasteiger partial charge on any atom is -0.320 e. The summed E-state index contributed by atoms with van der Waals surface area (Å²) in [6.45, 7) is 3.93. The number of rotatable bonds is 4. The van der Waals surface area contributed by atoms with Gasteiger partial charge in [0.25, 0.3) is 5.91 Å². The van der Waals surface area contributed by atoms with Gasteiger partial charge >= 0.3 is 0 Å². The Kier molecular flexibility index (Phi) is 4.62. The molecule has 3 aromatic rings. The summed E-state index contributed by atoms with van der Waals surface area (Å²) >= 11 is 5.93. The van der Waals surface area contributed by atoms with Crippen LogP contribution in [0, 0.1) is 6.92 Å². The van der Waals surface area contributed by atoms with Crippen molar-refractivity contribution in [2.24, 2.45) is 0 Å². The number of carbonyl (C=O) groups is 1. The topological polar surface area (TPSA) is 59.8 Å². The normalized spacial score (nSPS) is 10.6. The van der Waals surface area contributed by atoms with Crippen LogP contribution in [0.15, 0.2) is 48.5 Å². The van der Waals surface area contributed by atoms with Gasteiger partial charge in [-0.25, -0.2) is 4.68 Å². The molecule has 0 aliphatic carbocycles. The zero-order chi connectivity index (χ0) is 17.1. The zero-order valence-corrected chi connectivity index (χ0v) is 14.2. The minimum atomic E-state index is -0.314. The molecule has 0 spiro atoms. The Morgan fingerprint density at radius 3 is 2.62 bits per heavy atom. The third-order valence-corrected chi connectivity index (χ3v) is 4.02. The molecule has 0 aliphatic rings. The lowest BCUT2D eigenvalue weighted by molar-refractivity contribution is 0.102. The molecule has 24 heavy (non-hydrogen) atoms. The van der Waals surface area contributed by atoms with Crippen LogP contribution in [-0.2, 0) is 6.42 Å². The van der Waals surface area contributed by atoms with Crippen molar-refractivity contribution in [3.05, 3.63) is 70.5 Å². The third kappa shape index (κ3) is 3.31. The van der Waals surface area contributed by atoms with Crippen LogP contribution in [0.25, 0.3) is 5.69 Å². The number of anilines is 1. The fraction of sp³-hybridized carbons (Fsp3) is 0.167. The van der Waals surface area contributed by atoms with E-state index in [1.54, 1.807) is 28.9 Å². The predicted molar refractivity (Wildman–Crippen MR) is 94.9 cm³/mol. The second-order valence-corrected chi connectivity index (χ2v) is 5.86. The van der Waals surface area contributed by atoms with Gasteiger partial charge in [-0.05, 0) is 49.2 Å². The van der Waals surface area contributed by atoms with Gasteiger partial charge in [0.2, 0.25) is 0 Å². The Labute approximate surface area is 145 Å². The Balaban J connectivity index is 1.84. The van der Waals surface area contributed by atoms with Crippen molar-refractivity contribution >= 4 is 23.2 Å². The van der Waals surface area contributed by atoms with Crippen LogP contribution in [0.3, 0.4) is 0 Å². The second-order valence-electron chi connectivity index (χ2n) is 5.42. The number of nitrogens with zero attached hydrogens (tertiary/aromatic N) is 3. The number of nitrogens with one attached hydrogen (secondary N) is 1. The summed E-state index contributed by atoms with van der Waals surface area (Å²) in [5.74, 6) is -0.314. The van der Waals surface area contributed by atoms with Crippen molar-refractivity contribution in [1.29, 1.82) is 0 Å². The average molecular weight is 341 g/mol. The van der Waals surface area contributed by atoms with Crippen molar-refractivity contribution in [2.45, 2.75) is 20.3 Å². The van der Waals surface area contributed by atoms with E-state index in [9.17, 15) is 4.79 Å². The second kappa shape index (κ2) is 6.84. The van der Waals surface area contributed by atoms with Gasteiger partial charge in [0, 0.05) is 10.7 Å². The number of aromatic nitrogens is 3.